The van der Waals surface area contributed by atoms with Gasteiger partial charge in [0.1, 0.15) is 6.23 Å². The van der Waals surface area contributed by atoms with Gasteiger partial charge in [0.05, 0.1) is 12.4 Å². The maximum Gasteiger partial charge on any atom is 0.226 e. The minimum atomic E-state index is -0.119. The van der Waals surface area contributed by atoms with E-state index in [0.717, 1.165) is 12.8 Å². The summed E-state index contributed by atoms with van der Waals surface area (Å²) in [4.78, 5) is 25.4. The van der Waals surface area contributed by atoms with E-state index in [4.69, 9.17) is 16.3 Å². The van der Waals surface area contributed by atoms with Crippen LogP contribution in [0, 0.1) is 19.8 Å². The monoisotopic (exact) mass is 387 g/mol. The minimum Gasteiger partial charge on any atom is -0.354 e. The lowest BCUT2D eigenvalue weighted by atomic mass is 10.0. The van der Waals surface area contributed by atoms with Gasteiger partial charge in [0.15, 0.2) is 22.4 Å². The van der Waals surface area contributed by atoms with Crippen LogP contribution in [0.3, 0.4) is 0 Å². The number of halogens is 1. The van der Waals surface area contributed by atoms with Crippen LogP contribution in [0.4, 0.5) is 0 Å². The number of nitrogens with zero attached hydrogens (tertiary/aromatic N) is 5. The lowest BCUT2D eigenvalue weighted by Crippen LogP contribution is -2.14. The van der Waals surface area contributed by atoms with Gasteiger partial charge in [0.2, 0.25) is 5.28 Å². The Kier molecular flexibility index (Phi) is 4.52. The summed E-state index contributed by atoms with van der Waals surface area (Å²) in [7, 11) is 0. The van der Waals surface area contributed by atoms with Crippen molar-refractivity contribution in [2.75, 3.05) is 0 Å². The minimum absolute atomic E-state index is 0.0205. The molecule has 0 aromatic carbocycles. The van der Waals surface area contributed by atoms with Crippen LogP contribution in [0.2, 0.25) is 5.28 Å². The zero-order chi connectivity index (χ0) is 19.3. The van der Waals surface area contributed by atoms with Crippen LogP contribution in [-0.2, 0) is 4.74 Å². The normalized spacial score (nSPS) is 22.6. The second kappa shape index (κ2) is 6.73. The molecule has 8 heteroatoms. The zero-order valence-corrected chi connectivity index (χ0v) is 16.6. The standard InChI is InChI=1S/C19H22ClN5O2/c1-5-13-10(2)6-14(27-13)25-9-21-15-17(22-19(20)23-18(15)25)24-7-11(3)16(26)12(4)8-24/h7-10,13-14H,5-6H2,1-4H3/t10?,13-,14?/m1/s1. The van der Waals surface area contributed by atoms with Crippen LogP contribution < -0.4 is 5.43 Å². The topological polar surface area (TPSA) is 74.8 Å². The second-order valence-electron chi connectivity index (χ2n) is 7.25. The van der Waals surface area contributed by atoms with Crippen molar-refractivity contribution in [1.29, 1.82) is 0 Å². The zero-order valence-electron chi connectivity index (χ0n) is 15.8. The Balaban J connectivity index is 1.85. The predicted molar refractivity (Wildman–Crippen MR) is 103 cm³/mol. The molecular weight excluding hydrogens is 366 g/mol. The van der Waals surface area contributed by atoms with Crippen LogP contribution in [0.15, 0.2) is 23.5 Å². The fourth-order valence-corrected chi connectivity index (χ4v) is 3.97. The summed E-state index contributed by atoms with van der Waals surface area (Å²) >= 11 is 6.23. The van der Waals surface area contributed by atoms with Crippen molar-refractivity contribution in [3.63, 3.8) is 0 Å². The number of imidazole rings is 1. The van der Waals surface area contributed by atoms with Crippen LogP contribution in [-0.4, -0.2) is 30.2 Å². The van der Waals surface area contributed by atoms with Gasteiger partial charge in [-0.15, -0.1) is 0 Å². The van der Waals surface area contributed by atoms with E-state index in [1.165, 1.54) is 0 Å². The molecule has 4 heterocycles. The molecule has 7 nitrogen and oxygen atoms in total. The molecule has 0 saturated carbocycles. The highest BCUT2D eigenvalue weighted by molar-refractivity contribution is 6.28. The van der Waals surface area contributed by atoms with Crippen molar-refractivity contribution in [2.24, 2.45) is 5.92 Å². The van der Waals surface area contributed by atoms with E-state index in [0.29, 0.717) is 34.0 Å². The molecule has 1 aliphatic rings. The number of aromatic nitrogens is 5. The Hall–Kier alpha value is -2.25. The third kappa shape index (κ3) is 3.04. The third-order valence-electron chi connectivity index (χ3n) is 5.25. The average Bonchev–Trinajstić information content (AvgIpc) is 3.21. The Labute approximate surface area is 162 Å². The lowest BCUT2D eigenvalue weighted by Gasteiger charge is -2.15. The van der Waals surface area contributed by atoms with E-state index in [1.807, 2.05) is 4.57 Å². The largest absolute Gasteiger partial charge is 0.354 e. The van der Waals surface area contributed by atoms with Gasteiger partial charge in [0.25, 0.3) is 0 Å². The molecule has 142 valence electrons. The van der Waals surface area contributed by atoms with Crippen LogP contribution in [0.25, 0.3) is 17.0 Å². The average molecular weight is 388 g/mol. The highest BCUT2D eigenvalue weighted by Crippen LogP contribution is 2.36. The van der Waals surface area contributed by atoms with Crippen molar-refractivity contribution in [2.45, 2.75) is 52.9 Å². The first-order valence-electron chi connectivity index (χ1n) is 9.14. The predicted octanol–water partition coefficient (Wildman–Crippen LogP) is 3.58. The van der Waals surface area contributed by atoms with Crippen LogP contribution in [0.5, 0.6) is 0 Å². The van der Waals surface area contributed by atoms with Crippen molar-refractivity contribution in [3.05, 3.63) is 45.4 Å². The quantitative estimate of drug-likeness (QED) is 0.642. The fourth-order valence-electron chi connectivity index (χ4n) is 3.81. The van der Waals surface area contributed by atoms with E-state index < -0.39 is 0 Å². The molecule has 1 fully saturated rings. The number of hydrogen-bond donors (Lipinski definition) is 0. The Bertz CT molecular complexity index is 1050. The summed E-state index contributed by atoms with van der Waals surface area (Å²) in [6.07, 6.45) is 7.20. The number of rotatable bonds is 3. The third-order valence-corrected chi connectivity index (χ3v) is 5.42. The number of fused-ring (bicyclic) bond motifs is 1. The summed E-state index contributed by atoms with van der Waals surface area (Å²) in [6.45, 7) is 7.90. The Morgan fingerprint density at radius 2 is 1.96 bits per heavy atom. The van der Waals surface area contributed by atoms with Gasteiger partial charge in [0, 0.05) is 23.5 Å². The van der Waals surface area contributed by atoms with Gasteiger partial charge in [-0.25, -0.2) is 4.98 Å². The summed E-state index contributed by atoms with van der Waals surface area (Å²) in [6, 6.07) is 0. The van der Waals surface area contributed by atoms with E-state index in [2.05, 4.69) is 28.8 Å². The van der Waals surface area contributed by atoms with Gasteiger partial charge in [-0.3, -0.25) is 9.36 Å². The van der Waals surface area contributed by atoms with Gasteiger partial charge in [-0.05, 0) is 44.2 Å². The molecule has 0 N–H and O–H groups in total. The first kappa shape index (κ1) is 18.1. The number of aryl methyl sites for hydroxylation is 2. The summed E-state index contributed by atoms with van der Waals surface area (Å²) in [5, 5.41) is 0.131. The van der Waals surface area contributed by atoms with Gasteiger partial charge < -0.3 is 9.30 Å². The van der Waals surface area contributed by atoms with Crippen molar-refractivity contribution >= 4 is 22.8 Å². The first-order valence-corrected chi connectivity index (χ1v) is 9.52. The van der Waals surface area contributed by atoms with Crippen molar-refractivity contribution in [1.82, 2.24) is 24.1 Å². The summed E-state index contributed by atoms with van der Waals surface area (Å²) in [5.74, 6) is 1.02. The number of pyridine rings is 1. The molecule has 0 aliphatic carbocycles. The molecular formula is C19H22ClN5O2. The van der Waals surface area contributed by atoms with E-state index in [1.54, 1.807) is 37.1 Å². The van der Waals surface area contributed by atoms with Gasteiger partial charge >= 0.3 is 0 Å². The summed E-state index contributed by atoms with van der Waals surface area (Å²) < 4.78 is 9.90. The molecule has 2 unspecified atom stereocenters. The van der Waals surface area contributed by atoms with E-state index >= 15 is 0 Å². The van der Waals surface area contributed by atoms with Gasteiger partial charge in [-0.1, -0.05) is 13.8 Å². The second-order valence-corrected chi connectivity index (χ2v) is 7.59. The maximum atomic E-state index is 12.0. The molecule has 0 spiro atoms. The number of hydrogen-bond acceptors (Lipinski definition) is 5. The first-order chi connectivity index (χ1) is 12.9. The molecule has 3 aromatic heterocycles. The molecule has 3 atom stereocenters. The summed E-state index contributed by atoms with van der Waals surface area (Å²) in [5.41, 5.74) is 2.55. The van der Waals surface area contributed by atoms with Crippen molar-refractivity contribution in [3.8, 4) is 5.82 Å². The molecule has 0 radical (unpaired) electrons. The van der Waals surface area contributed by atoms with E-state index in [-0.39, 0.29) is 23.0 Å². The fraction of sp³-hybridized carbons (Fsp3) is 0.474. The van der Waals surface area contributed by atoms with Gasteiger partial charge in [-0.2, -0.15) is 9.97 Å². The Morgan fingerprint density at radius 3 is 2.59 bits per heavy atom. The smallest absolute Gasteiger partial charge is 0.226 e. The van der Waals surface area contributed by atoms with Crippen molar-refractivity contribution < 1.29 is 4.74 Å². The molecule has 1 saturated heterocycles. The molecule has 0 amide bonds. The maximum absolute atomic E-state index is 12.0. The lowest BCUT2D eigenvalue weighted by molar-refractivity contribution is -0.00304. The molecule has 0 bridgehead atoms. The highest BCUT2D eigenvalue weighted by atomic mass is 35.5. The molecule has 3 aromatic rings. The molecule has 4 rings (SSSR count). The SMILES string of the molecule is CC[C@H]1OC(n2cnc3c(-n4cc(C)c(=O)c(C)c4)nc(Cl)nc32)CC1C. The van der Waals surface area contributed by atoms with E-state index in [9.17, 15) is 4.79 Å². The molecule has 1 aliphatic heterocycles. The van der Waals surface area contributed by atoms with Crippen LogP contribution >= 0.6 is 11.6 Å². The number of ether oxygens (including phenoxy) is 1. The Morgan fingerprint density at radius 1 is 1.26 bits per heavy atom. The highest BCUT2D eigenvalue weighted by Gasteiger charge is 2.33. The molecule has 27 heavy (non-hydrogen) atoms. The van der Waals surface area contributed by atoms with Crippen LogP contribution in [0.1, 0.15) is 44.0 Å².